The summed E-state index contributed by atoms with van der Waals surface area (Å²) in [7, 11) is 0. The number of anilines is 1. The van der Waals surface area contributed by atoms with Crippen molar-refractivity contribution in [3.8, 4) is 0 Å². The van der Waals surface area contributed by atoms with Crippen molar-refractivity contribution in [3.05, 3.63) is 80.3 Å². The van der Waals surface area contributed by atoms with E-state index in [9.17, 15) is 9.59 Å². The quantitative estimate of drug-likeness (QED) is 0.533. The van der Waals surface area contributed by atoms with Gasteiger partial charge in [0.1, 0.15) is 0 Å². The molecule has 1 aliphatic carbocycles. The second-order valence-electron chi connectivity index (χ2n) is 7.04. The molecular formula is C22H19Cl2N3O2S. The number of thiazole rings is 1. The van der Waals surface area contributed by atoms with E-state index in [0.29, 0.717) is 27.3 Å². The lowest BCUT2D eigenvalue weighted by atomic mass is 9.90. The minimum atomic E-state index is -0.325. The van der Waals surface area contributed by atoms with Gasteiger partial charge >= 0.3 is 0 Å². The summed E-state index contributed by atoms with van der Waals surface area (Å²) in [5.74, 6) is -0.650. The standard InChI is InChI=1S/C22H19Cl2N3O2S/c23-15-10-8-13(9-11-15)20(28)27-22-26-19-16(5-3-7-18(19)30-22)21(29)25-12-14-4-1-2-6-17(14)24/h1-2,4,6,8-11,16H,3,5,7,12H2,(H,25,29)(H,26,27,28). The third-order valence-electron chi connectivity index (χ3n) is 5.01. The van der Waals surface area contributed by atoms with Crippen LogP contribution in [0.15, 0.2) is 48.5 Å². The summed E-state index contributed by atoms with van der Waals surface area (Å²) in [6.07, 6.45) is 2.50. The highest BCUT2D eigenvalue weighted by Crippen LogP contribution is 2.37. The number of carbonyl (C=O) groups excluding carboxylic acids is 2. The smallest absolute Gasteiger partial charge is 0.257 e. The molecule has 1 heterocycles. The Kier molecular flexibility index (Phi) is 6.37. The van der Waals surface area contributed by atoms with E-state index >= 15 is 0 Å². The molecule has 5 nitrogen and oxygen atoms in total. The molecule has 30 heavy (non-hydrogen) atoms. The van der Waals surface area contributed by atoms with E-state index in [1.807, 2.05) is 18.2 Å². The normalized spacial score (nSPS) is 15.3. The molecule has 1 aliphatic rings. The van der Waals surface area contributed by atoms with Crippen LogP contribution in [0.5, 0.6) is 0 Å². The molecule has 0 radical (unpaired) electrons. The first-order chi connectivity index (χ1) is 14.5. The van der Waals surface area contributed by atoms with Gasteiger partial charge in [-0.25, -0.2) is 4.98 Å². The number of nitrogens with zero attached hydrogens (tertiary/aromatic N) is 1. The van der Waals surface area contributed by atoms with E-state index in [4.69, 9.17) is 23.2 Å². The maximum Gasteiger partial charge on any atom is 0.257 e. The molecule has 0 aliphatic heterocycles. The van der Waals surface area contributed by atoms with Crippen LogP contribution in [0, 0.1) is 0 Å². The molecule has 3 aromatic rings. The molecule has 1 aromatic heterocycles. The molecular weight excluding hydrogens is 441 g/mol. The van der Waals surface area contributed by atoms with Gasteiger partial charge in [0.05, 0.1) is 11.6 Å². The first-order valence-corrected chi connectivity index (χ1v) is 11.2. The van der Waals surface area contributed by atoms with E-state index < -0.39 is 0 Å². The second-order valence-corrected chi connectivity index (χ2v) is 8.97. The van der Waals surface area contributed by atoms with Crippen molar-refractivity contribution in [3.63, 3.8) is 0 Å². The Labute approximate surface area is 188 Å². The fraction of sp³-hybridized carbons (Fsp3) is 0.227. The molecule has 1 atom stereocenters. The zero-order chi connectivity index (χ0) is 21.1. The van der Waals surface area contributed by atoms with Gasteiger partial charge in [0.2, 0.25) is 5.91 Å². The Morgan fingerprint density at radius 2 is 1.87 bits per heavy atom. The van der Waals surface area contributed by atoms with Crippen LogP contribution < -0.4 is 10.6 Å². The summed E-state index contributed by atoms with van der Waals surface area (Å²) >= 11 is 13.5. The summed E-state index contributed by atoms with van der Waals surface area (Å²) in [5.41, 5.74) is 2.13. The Morgan fingerprint density at radius 1 is 1.10 bits per heavy atom. The van der Waals surface area contributed by atoms with Gasteiger partial charge in [0.25, 0.3) is 5.91 Å². The predicted molar refractivity (Wildman–Crippen MR) is 120 cm³/mol. The summed E-state index contributed by atoms with van der Waals surface area (Å²) in [6.45, 7) is 0.370. The van der Waals surface area contributed by atoms with Crippen molar-refractivity contribution in [1.29, 1.82) is 0 Å². The second kappa shape index (κ2) is 9.16. The van der Waals surface area contributed by atoms with Crippen LogP contribution in [-0.2, 0) is 17.8 Å². The lowest BCUT2D eigenvalue weighted by molar-refractivity contribution is -0.123. The number of amides is 2. The van der Waals surface area contributed by atoms with Crippen LogP contribution in [0.3, 0.4) is 0 Å². The topological polar surface area (TPSA) is 71.1 Å². The maximum atomic E-state index is 12.8. The molecule has 4 rings (SSSR count). The average Bonchev–Trinajstić information content (AvgIpc) is 3.15. The highest BCUT2D eigenvalue weighted by molar-refractivity contribution is 7.16. The van der Waals surface area contributed by atoms with E-state index in [1.165, 1.54) is 11.3 Å². The van der Waals surface area contributed by atoms with E-state index in [0.717, 1.165) is 35.4 Å². The molecule has 2 aromatic carbocycles. The zero-order valence-electron chi connectivity index (χ0n) is 16.0. The number of benzene rings is 2. The van der Waals surface area contributed by atoms with Crippen molar-refractivity contribution >= 4 is 51.5 Å². The number of fused-ring (bicyclic) bond motifs is 1. The van der Waals surface area contributed by atoms with Crippen LogP contribution in [0.1, 0.15) is 45.3 Å². The Bertz CT molecular complexity index is 1080. The Balaban J connectivity index is 1.45. The average molecular weight is 460 g/mol. The van der Waals surface area contributed by atoms with Crippen molar-refractivity contribution < 1.29 is 9.59 Å². The lowest BCUT2D eigenvalue weighted by Crippen LogP contribution is -2.31. The third-order valence-corrected chi connectivity index (χ3v) is 6.68. The van der Waals surface area contributed by atoms with Gasteiger partial charge in [-0.15, -0.1) is 11.3 Å². The van der Waals surface area contributed by atoms with E-state index in [-0.39, 0.29) is 17.7 Å². The fourth-order valence-electron chi connectivity index (χ4n) is 3.44. The minimum Gasteiger partial charge on any atom is -0.351 e. The summed E-state index contributed by atoms with van der Waals surface area (Å²) in [6, 6.07) is 14.1. The van der Waals surface area contributed by atoms with Crippen LogP contribution in [-0.4, -0.2) is 16.8 Å². The van der Waals surface area contributed by atoms with Gasteiger partial charge in [-0.1, -0.05) is 41.4 Å². The number of halogens is 2. The molecule has 8 heteroatoms. The highest BCUT2D eigenvalue weighted by Gasteiger charge is 2.30. The predicted octanol–water partition coefficient (Wildman–Crippen LogP) is 5.44. The number of aromatic nitrogens is 1. The van der Waals surface area contributed by atoms with Gasteiger partial charge in [0, 0.05) is 27.0 Å². The number of hydrogen-bond acceptors (Lipinski definition) is 4. The van der Waals surface area contributed by atoms with Crippen molar-refractivity contribution in [2.75, 3.05) is 5.32 Å². The van der Waals surface area contributed by atoms with Gasteiger partial charge < -0.3 is 5.32 Å². The first kappa shape index (κ1) is 20.8. The molecule has 0 saturated heterocycles. The SMILES string of the molecule is O=C(Nc1nc2c(s1)CCCC2C(=O)NCc1ccccc1Cl)c1ccc(Cl)cc1. The van der Waals surface area contributed by atoms with Crippen LogP contribution in [0.2, 0.25) is 10.0 Å². The summed E-state index contributed by atoms with van der Waals surface area (Å²) in [4.78, 5) is 30.9. The fourth-order valence-corrected chi connectivity index (χ4v) is 4.83. The number of carbonyl (C=O) groups is 2. The summed E-state index contributed by atoms with van der Waals surface area (Å²) in [5, 5.41) is 7.51. The highest BCUT2D eigenvalue weighted by atomic mass is 35.5. The molecule has 0 saturated carbocycles. The summed E-state index contributed by atoms with van der Waals surface area (Å²) < 4.78 is 0. The van der Waals surface area contributed by atoms with Crippen LogP contribution in [0.25, 0.3) is 0 Å². The third kappa shape index (κ3) is 4.67. The Morgan fingerprint density at radius 3 is 2.63 bits per heavy atom. The van der Waals surface area contributed by atoms with Gasteiger partial charge in [-0.3, -0.25) is 14.9 Å². The number of aryl methyl sites for hydroxylation is 1. The number of rotatable bonds is 5. The van der Waals surface area contributed by atoms with Crippen molar-refractivity contribution in [2.24, 2.45) is 0 Å². The molecule has 154 valence electrons. The first-order valence-electron chi connectivity index (χ1n) is 9.59. The van der Waals surface area contributed by atoms with Crippen molar-refractivity contribution in [1.82, 2.24) is 10.3 Å². The zero-order valence-corrected chi connectivity index (χ0v) is 18.3. The molecule has 1 unspecified atom stereocenters. The van der Waals surface area contributed by atoms with Crippen molar-refractivity contribution in [2.45, 2.75) is 31.7 Å². The molecule has 2 N–H and O–H groups in total. The van der Waals surface area contributed by atoms with Gasteiger partial charge in [-0.05, 0) is 55.2 Å². The number of nitrogens with one attached hydrogen (secondary N) is 2. The molecule has 0 spiro atoms. The van der Waals surface area contributed by atoms with Crippen LogP contribution >= 0.6 is 34.5 Å². The van der Waals surface area contributed by atoms with Gasteiger partial charge in [-0.2, -0.15) is 0 Å². The minimum absolute atomic E-state index is 0.0725. The lowest BCUT2D eigenvalue weighted by Gasteiger charge is -2.20. The molecule has 0 fully saturated rings. The van der Waals surface area contributed by atoms with E-state index in [2.05, 4.69) is 15.6 Å². The largest absolute Gasteiger partial charge is 0.351 e. The Hall–Kier alpha value is -2.41. The van der Waals surface area contributed by atoms with Crippen LogP contribution in [0.4, 0.5) is 5.13 Å². The molecule has 0 bridgehead atoms. The van der Waals surface area contributed by atoms with Gasteiger partial charge in [0.15, 0.2) is 5.13 Å². The number of hydrogen-bond donors (Lipinski definition) is 2. The van der Waals surface area contributed by atoms with E-state index in [1.54, 1.807) is 30.3 Å². The molecule has 2 amide bonds. The monoisotopic (exact) mass is 459 g/mol. The maximum absolute atomic E-state index is 12.8.